The maximum absolute atomic E-state index is 11.3. The maximum atomic E-state index is 11.3. The van der Waals surface area contributed by atoms with Crippen LogP contribution in [0.1, 0.15) is 50.2 Å². The van der Waals surface area contributed by atoms with Crippen LogP contribution in [0.3, 0.4) is 0 Å². The van der Waals surface area contributed by atoms with Crippen LogP contribution in [0.4, 0.5) is 0 Å². The quantitative estimate of drug-likeness (QED) is 0.891. The van der Waals surface area contributed by atoms with Crippen molar-refractivity contribution >= 4 is 0 Å². The van der Waals surface area contributed by atoms with E-state index in [4.69, 9.17) is 0 Å². The molecule has 1 fully saturated rings. The molecular weight excluding hydrogens is 246 g/mol. The molecule has 2 aliphatic carbocycles. The zero-order chi connectivity index (χ0) is 14.2. The van der Waals surface area contributed by atoms with Gasteiger partial charge in [-0.1, -0.05) is 50.5 Å². The molecule has 0 amide bonds. The van der Waals surface area contributed by atoms with Crippen LogP contribution in [0.2, 0.25) is 0 Å². The zero-order valence-electron chi connectivity index (χ0n) is 12.2. The molecule has 0 heterocycles. The van der Waals surface area contributed by atoms with E-state index in [9.17, 15) is 10.4 Å². The lowest BCUT2D eigenvalue weighted by atomic mass is 9.60. The van der Waals surface area contributed by atoms with E-state index in [0.717, 1.165) is 25.7 Å². The van der Waals surface area contributed by atoms with Crippen LogP contribution < -0.4 is 0 Å². The number of aliphatic hydroxyl groups is 1. The first-order valence-corrected chi connectivity index (χ1v) is 7.83. The summed E-state index contributed by atoms with van der Waals surface area (Å²) in [7, 11) is 0. The summed E-state index contributed by atoms with van der Waals surface area (Å²) >= 11 is 0. The molecule has 2 heteroatoms. The molecule has 1 aromatic rings. The Hall–Kier alpha value is -1.33. The smallest absolute Gasteiger partial charge is 0.0913 e. The van der Waals surface area contributed by atoms with Crippen LogP contribution in [-0.4, -0.2) is 10.7 Å². The molecule has 2 nitrogen and oxygen atoms in total. The molecule has 1 N–H and O–H groups in total. The molecule has 2 aliphatic rings. The Kier molecular flexibility index (Phi) is 3.34. The van der Waals surface area contributed by atoms with Gasteiger partial charge in [0, 0.05) is 12.8 Å². The van der Waals surface area contributed by atoms with E-state index >= 15 is 0 Å². The molecule has 0 bridgehead atoms. The lowest BCUT2D eigenvalue weighted by molar-refractivity contribution is -0.0742. The van der Waals surface area contributed by atoms with Crippen molar-refractivity contribution in [1.29, 1.82) is 5.26 Å². The maximum Gasteiger partial charge on any atom is 0.0913 e. The lowest BCUT2D eigenvalue weighted by Gasteiger charge is -2.45. The Morgan fingerprint density at radius 1 is 1.30 bits per heavy atom. The van der Waals surface area contributed by atoms with Gasteiger partial charge >= 0.3 is 0 Å². The van der Waals surface area contributed by atoms with Gasteiger partial charge in [-0.05, 0) is 29.9 Å². The van der Waals surface area contributed by atoms with Crippen LogP contribution in [-0.2, 0) is 12.8 Å². The van der Waals surface area contributed by atoms with Gasteiger partial charge in [-0.15, -0.1) is 0 Å². The third-order valence-corrected chi connectivity index (χ3v) is 5.62. The lowest BCUT2D eigenvalue weighted by Crippen LogP contribution is -2.51. The topological polar surface area (TPSA) is 44.0 Å². The molecule has 2 atom stereocenters. The van der Waals surface area contributed by atoms with Gasteiger partial charge in [-0.25, -0.2) is 0 Å². The molecule has 3 rings (SSSR count). The van der Waals surface area contributed by atoms with Gasteiger partial charge in [-0.2, -0.15) is 5.26 Å². The van der Waals surface area contributed by atoms with Crippen LogP contribution in [0.5, 0.6) is 0 Å². The summed E-state index contributed by atoms with van der Waals surface area (Å²) in [6.07, 6.45) is 6.41. The SMILES string of the molecule is CCC1CCCC(C#N)(C2(O)Cc3ccccc3C2)C1. The number of nitrogens with zero attached hydrogens (tertiary/aromatic N) is 1. The fraction of sp³-hybridized carbons (Fsp3) is 0.611. The van der Waals surface area contributed by atoms with Crippen molar-refractivity contribution in [3.8, 4) is 6.07 Å². The van der Waals surface area contributed by atoms with E-state index in [2.05, 4.69) is 25.1 Å². The number of rotatable bonds is 2. The van der Waals surface area contributed by atoms with Crippen molar-refractivity contribution in [2.75, 3.05) is 0 Å². The first-order valence-electron chi connectivity index (χ1n) is 7.83. The summed E-state index contributed by atoms with van der Waals surface area (Å²) in [6, 6.07) is 10.8. The van der Waals surface area contributed by atoms with Gasteiger partial charge in [0.25, 0.3) is 0 Å². The average molecular weight is 269 g/mol. The second-order valence-electron chi connectivity index (χ2n) is 6.72. The highest BCUT2D eigenvalue weighted by molar-refractivity contribution is 5.38. The van der Waals surface area contributed by atoms with Crippen LogP contribution in [0.25, 0.3) is 0 Å². The monoisotopic (exact) mass is 269 g/mol. The normalized spacial score (nSPS) is 31.6. The van der Waals surface area contributed by atoms with Gasteiger partial charge in [0.15, 0.2) is 0 Å². The molecule has 2 unspecified atom stereocenters. The highest BCUT2D eigenvalue weighted by Gasteiger charge is 2.55. The minimum atomic E-state index is -0.862. The predicted molar refractivity (Wildman–Crippen MR) is 79.1 cm³/mol. The van der Waals surface area contributed by atoms with E-state index in [1.807, 2.05) is 12.1 Å². The van der Waals surface area contributed by atoms with Crippen LogP contribution in [0, 0.1) is 22.7 Å². The minimum Gasteiger partial charge on any atom is -0.388 e. The summed E-state index contributed by atoms with van der Waals surface area (Å²) in [6.45, 7) is 2.20. The summed E-state index contributed by atoms with van der Waals surface area (Å²) in [5, 5.41) is 21.1. The van der Waals surface area contributed by atoms with Gasteiger partial charge in [-0.3, -0.25) is 0 Å². The van der Waals surface area contributed by atoms with Crippen LogP contribution in [0.15, 0.2) is 24.3 Å². The van der Waals surface area contributed by atoms with E-state index in [1.165, 1.54) is 17.5 Å². The summed E-state index contributed by atoms with van der Waals surface area (Å²) in [4.78, 5) is 0. The number of nitriles is 1. The molecular formula is C18H23NO. The average Bonchev–Trinajstić information content (AvgIpc) is 2.85. The van der Waals surface area contributed by atoms with Crippen molar-refractivity contribution < 1.29 is 5.11 Å². The first kappa shape index (κ1) is 13.6. The first-order chi connectivity index (χ1) is 9.62. The van der Waals surface area contributed by atoms with Gasteiger partial charge in [0.1, 0.15) is 0 Å². The third kappa shape index (κ3) is 1.96. The zero-order valence-corrected chi connectivity index (χ0v) is 12.2. The van der Waals surface area contributed by atoms with Crippen molar-refractivity contribution in [2.45, 2.75) is 57.5 Å². The van der Waals surface area contributed by atoms with Crippen LogP contribution >= 0.6 is 0 Å². The largest absolute Gasteiger partial charge is 0.388 e. The highest BCUT2D eigenvalue weighted by atomic mass is 16.3. The summed E-state index contributed by atoms with van der Waals surface area (Å²) in [5.74, 6) is 0.594. The Labute approximate surface area is 121 Å². The van der Waals surface area contributed by atoms with E-state index in [0.29, 0.717) is 18.8 Å². The second-order valence-corrected chi connectivity index (χ2v) is 6.72. The molecule has 0 aromatic heterocycles. The Morgan fingerprint density at radius 3 is 2.50 bits per heavy atom. The fourth-order valence-electron chi connectivity index (χ4n) is 4.30. The highest BCUT2D eigenvalue weighted by Crippen LogP contribution is 2.52. The summed E-state index contributed by atoms with van der Waals surface area (Å²) in [5.41, 5.74) is 1.04. The number of fused-ring (bicyclic) bond motifs is 1. The second kappa shape index (κ2) is 4.90. The van der Waals surface area contributed by atoms with Crippen molar-refractivity contribution in [3.05, 3.63) is 35.4 Å². The third-order valence-electron chi connectivity index (χ3n) is 5.62. The Morgan fingerprint density at radius 2 is 1.95 bits per heavy atom. The molecule has 0 saturated heterocycles. The molecule has 20 heavy (non-hydrogen) atoms. The molecule has 106 valence electrons. The number of benzene rings is 1. The van der Waals surface area contributed by atoms with E-state index in [-0.39, 0.29) is 0 Å². The van der Waals surface area contributed by atoms with Gasteiger partial charge < -0.3 is 5.11 Å². The summed E-state index contributed by atoms with van der Waals surface area (Å²) < 4.78 is 0. The number of hydrogen-bond donors (Lipinski definition) is 1. The molecule has 1 aromatic carbocycles. The molecule has 0 radical (unpaired) electrons. The minimum absolute atomic E-state index is 0.551. The fourth-order valence-corrected chi connectivity index (χ4v) is 4.30. The Balaban J connectivity index is 1.93. The predicted octanol–water partition coefficient (Wildman–Crippen LogP) is 3.63. The molecule has 1 saturated carbocycles. The molecule has 0 aliphatic heterocycles. The molecule has 0 spiro atoms. The van der Waals surface area contributed by atoms with Gasteiger partial charge in [0.05, 0.1) is 17.1 Å². The van der Waals surface area contributed by atoms with Crippen molar-refractivity contribution in [3.63, 3.8) is 0 Å². The van der Waals surface area contributed by atoms with Crippen molar-refractivity contribution in [2.24, 2.45) is 11.3 Å². The standard InChI is InChI=1S/C18H23NO/c1-2-14-6-5-9-17(10-14,13-19)18(20)11-15-7-3-4-8-16(15)12-18/h3-4,7-8,14,20H,2,5-6,9-12H2,1H3. The Bertz CT molecular complexity index is 520. The number of hydrogen-bond acceptors (Lipinski definition) is 2. The van der Waals surface area contributed by atoms with E-state index < -0.39 is 11.0 Å². The van der Waals surface area contributed by atoms with Crippen molar-refractivity contribution in [1.82, 2.24) is 0 Å². The van der Waals surface area contributed by atoms with E-state index in [1.54, 1.807) is 0 Å². The van der Waals surface area contributed by atoms with Gasteiger partial charge in [0.2, 0.25) is 0 Å².